The first kappa shape index (κ1) is 77.4. The average Bonchev–Trinajstić information content (AvgIpc) is 3.43. The van der Waals surface area contributed by atoms with E-state index in [2.05, 4.69) is 135 Å². The molecule has 2 atom stereocenters. The molecular formula is C71H123NO8P+. The van der Waals surface area contributed by atoms with Gasteiger partial charge in [0, 0.05) is 12.8 Å². The number of quaternary nitrogens is 1. The van der Waals surface area contributed by atoms with Gasteiger partial charge >= 0.3 is 19.8 Å². The van der Waals surface area contributed by atoms with Gasteiger partial charge < -0.3 is 18.9 Å². The number of rotatable bonds is 59. The first-order valence-corrected chi connectivity index (χ1v) is 34.3. The lowest BCUT2D eigenvalue weighted by molar-refractivity contribution is -0.870. The Bertz CT molecular complexity index is 1780. The Balaban J connectivity index is 4.09. The Morgan fingerprint density at radius 3 is 1.06 bits per heavy atom. The van der Waals surface area contributed by atoms with E-state index in [0.717, 1.165) is 116 Å². The Kier molecular flexibility index (Phi) is 58.3. The van der Waals surface area contributed by atoms with Crippen LogP contribution in [0.5, 0.6) is 0 Å². The molecule has 0 radical (unpaired) electrons. The van der Waals surface area contributed by atoms with Crippen LogP contribution in [0.4, 0.5) is 0 Å². The number of carbonyl (C=O) groups is 2. The van der Waals surface area contributed by atoms with Crippen LogP contribution in [0.25, 0.3) is 0 Å². The number of unbranched alkanes of at least 4 members (excludes halogenated alkanes) is 25. The molecule has 1 N–H and O–H groups in total. The zero-order chi connectivity index (χ0) is 59.1. The Morgan fingerprint density at radius 1 is 0.395 bits per heavy atom. The number of phosphoric acid groups is 1. The summed E-state index contributed by atoms with van der Waals surface area (Å²) in [6, 6.07) is 0. The lowest BCUT2D eigenvalue weighted by atomic mass is 10.0. The molecule has 81 heavy (non-hydrogen) atoms. The average molecular weight is 1150 g/mol. The van der Waals surface area contributed by atoms with E-state index in [1.165, 1.54) is 116 Å². The summed E-state index contributed by atoms with van der Waals surface area (Å²) in [5, 5.41) is 0. The quantitative estimate of drug-likeness (QED) is 0.0211. The fourth-order valence-electron chi connectivity index (χ4n) is 8.71. The topological polar surface area (TPSA) is 108 Å². The second kappa shape index (κ2) is 61.0. The minimum absolute atomic E-state index is 0.0261. The van der Waals surface area contributed by atoms with E-state index in [4.69, 9.17) is 18.5 Å². The first-order valence-electron chi connectivity index (χ1n) is 32.8. The highest BCUT2D eigenvalue weighted by molar-refractivity contribution is 7.47. The van der Waals surface area contributed by atoms with Crippen molar-refractivity contribution in [3.63, 3.8) is 0 Å². The van der Waals surface area contributed by atoms with E-state index in [0.29, 0.717) is 17.4 Å². The van der Waals surface area contributed by atoms with Crippen LogP contribution in [-0.4, -0.2) is 74.9 Å². The summed E-state index contributed by atoms with van der Waals surface area (Å²) in [5.74, 6) is -0.806. The standard InChI is InChI=1S/C71H122NO8P/c1-6-8-10-12-14-16-18-20-22-24-26-27-28-29-30-31-32-33-34-35-36-37-38-39-40-41-42-43-44-45-46-48-50-52-54-56-58-60-62-64-71(74)80-69(68-79-81(75,76)78-66-65-72(3,4)5)67-77-70(73)63-61-59-57-55-53-51-49-47-25-23-21-19-17-15-13-11-9-7-2/h8,10,14,16,20,22-23,25-27,29-30,32-33,35-36,38-39,41-42,69H,6-7,9,11-13,15,17-19,21,24,28,31,34,37,40,43-68H2,1-5H3/p+1/b10-8-,16-14-,22-20-,25-23-,27-26-,30-29-,33-32-,36-35-,39-38-,42-41-. The minimum atomic E-state index is -4.40. The number of ether oxygens (including phenoxy) is 2. The van der Waals surface area contributed by atoms with Crippen molar-refractivity contribution in [3.8, 4) is 0 Å². The highest BCUT2D eigenvalue weighted by atomic mass is 31.2. The molecule has 10 heteroatoms. The van der Waals surface area contributed by atoms with Gasteiger partial charge in [-0.1, -0.05) is 264 Å². The molecule has 2 unspecified atom stereocenters. The summed E-state index contributed by atoms with van der Waals surface area (Å²) >= 11 is 0. The van der Waals surface area contributed by atoms with Crippen molar-refractivity contribution in [1.29, 1.82) is 0 Å². The van der Waals surface area contributed by atoms with E-state index >= 15 is 0 Å². The largest absolute Gasteiger partial charge is 0.472 e. The molecular weight excluding hydrogens is 1030 g/mol. The van der Waals surface area contributed by atoms with Gasteiger partial charge in [-0.3, -0.25) is 18.6 Å². The van der Waals surface area contributed by atoms with Crippen molar-refractivity contribution in [2.24, 2.45) is 0 Å². The molecule has 0 aromatic heterocycles. The molecule has 0 fully saturated rings. The molecule has 0 heterocycles. The van der Waals surface area contributed by atoms with E-state index in [1.807, 2.05) is 21.1 Å². The second-order valence-electron chi connectivity index (χ2n) is 22.8. The maximum absolute atomic E-state index is 12.8. The van der Waals surface area contributed by atoms with Gasteiger partial charge in [-0.25, -0.2) is 4.57 Å². The second-order valence-corrected chi connectivity index (χ2v) is 24.2. The normalized spacial score (nSPS) is 14.0. The van der Waals surface area contributed by atoms with Gasteiger partial charge in [-0.2, -0.15) is 0 Å². The molecule has 0 rings (SSSR count). The van der Waals surface area contributed by atoms with Crippen molar-refractivity contribution in [1.82, 2.24) is 0 Å². The van der Waals surface area contributed by atoms with Gasteiger partial charge in [0.2, 0.25) is 0 Å². The van der Waals surface area contributed by atoms with Crippen LogP contribution in [0.1, 0.15) is 264 Å². The molecule has 464 valence electrons. The van der Waals surface area contributed by atoms with Crippen molar-refractivity contribution in [2.75, 3.05) is 47.5 Å². The molecule has 0 saturated carbocycles. The summed E-state index contributed by atoms with van der Waals surface area (Å²) in [7, 11) is 1.47. The maximum atomic E-state index is 12.8. The molecule has 0 amide bonds. The summed E-state index contributed by atoms with van der Waals surface area (Å²) < 4.78 is 34.6. The molecule has 0 aliphatic heterocycles. The van der Waals surface area contributed by atoms with Crippen LogP contribution in [0.2, 0.25) is 0 Å². The predicted molar refractivity (Wildman–Crippen MR) is 348 cm³/mol. The molecule has 0 spiro atoms. The highest BCUT2D eigenvalue weighted by Crippen LogP contribution is 2.43. The lowest BCUT2D eigenvalue weighted by Crippen LogP contribution is -2.37. The molecule has 9 nitrogen and oxygen atoms in total. The van der Waals surface area contributed by atoms with Gasteiger partial charge in [0.05, 0.1) is 27.7 Å². The Labute approximate surface area is 498 Å². The van der Waals surface area contributed by atoms with Crippen LogP contribution >= 0.6 is 7.82 Å². The number of nitrogens with zero attached hydrogens (tertiary/aromatic N) is 1. The van der Waals surface area contributed by atoms with Crippen LogP contribution < -0.4 is 0 Å². The number of phosphoric ester groups is 1. The summed E-state index contributed by atoms with van der Waals surface area (Å²) in [6.07, 6.45) is 87.1. The van der Waals surface area contributed by atoms with E-state index < -0.39 is 26.5 Å². The van der Waals surface area contributed by atoms with Crippen molar-refractivity contribution < 1.29 is 42.1 Å². The highest BCUT2D eigenvalue weighted by Gasteiger charge is 2.27. The summed E-state index contributed by atoms with van der Waals surface area (Å²) in [5.41, 5.74) is 0. The van der Waals surface area contributed by atoms with Gasteiger partial charge in [0.15, 0.2) is 6.10 Å². The van der Waals surface area contributed by atoms with Gasteiger partial charge in [-0.15, -0.1) is 0 Å². The molecule has 0 bridgehead atoms. The van der Waals surface area contributed by atoms with Crippen LogP contribution in [0.15, 0.2) is 122 Å². The van der Waals surface area contributed by atoms with Crippen molar-refractivity contribution in [2.45, 2.75) is 270 Å². The molecule has 0 saturated heterocycles. The monoisotopic (exact) mass is 1150 g/mol. The van der Waals surface area contributed by atoms with Crippen LogP contribution in [0, 0.1) is 0 Å². The number of hydrogen-bond acceptors (Lipinski definition) is 7. The first-order chi connectivity index (χ1) is 39.5. The Morgan fingerprint density at radius 2 is 0.704 bits per heavy atom. The number of carbonyl (C=O) groups excluding carboxylic acids is 2. The third-order valence-electron chi connectivity index (χ3n) is 13.7. The van der Waals surface area contributed by atoms with Crippen molar-refractivity contribution in [3.05, 3.63) is 122 Å². The molecule has 0 aliphatic rings. The molecule has 0 aromatic rings. The smallest absolute Gasteiger partial charge is 0.462 e. The number of allylic oxidation sites excluding steroid dienone is 20. The van der Waals surface area contributed by atoms with E-state index in [-0.39, 0.29) is 32.0 Å². The fraction of sp³-hybridized carbons (Fsp3) is 0.690. The van der Waals surface area contributed by atoms with Gasteiger partial charge in [-0.05, 0) is 109 Å². The maximum Gasteiger partial charge on any atom is 0.472 e. The van der Waals surface area contributed by atoms with Gasteiger partial charge in [0.25, 0.3) is 0 Å². The van der Waals surface area contributed by atoms with E-state index in [1.54, 1.807) is 0 Å². The fourth-order valence-corrected chi connectivity index (χ4v) is 9.45. The number of esters is 2. The van der Waals surface area contributed by atoms with Crippen molar-refractivity contribution >= 4 is 19.8 Å². The number of likely N-dealkylation sites (N-methyl/N-ethyl adjacent to an activating group) is 1. The summed E-state index contributed by atoms with van der Waals surface area (Å²) in [4.78, 5) is 35.8. The molecule has 0 aromatic carbocycles. The van der Waals surface area contributed by atoms with Gasteiger partial charge in [0.1, 0.15) is 19.8 Å². The zero-order valence-corrected chi connectivity index (χ0v) is 53.6. The van der Waals surface area contributed by atoms with E-state index in [9.17, 15) is 19.0 Å². The molecule has 0 aliphatic carbocycles. The Hall–Kier alpha value is -3.59. The summed E-state index contributed by atoms with van der Waals surface area (Å²) in [6.45, 7) is 4.31. The van der Waals surface area contributed by atoms with Crippen LogP contribution in [-0.2, 0) is 32.7 Å². The number of hydrogen-bond donors (Lipinski definition) is 1. The third-order valence-corrected chi connectivity index (χ3v) is 14.7. The SMILES string of the molecule is CC/C=C\C/C=C\C/C=C\C/C=C\C/C=C\C/C=C\C/C=C\C/C=C\C/C=C\CCCCCCCCCCCCCC(=O)OC(COC(=O)CCCCCCCCC/C=C\CCCCCCCCC)COP(=O)(O)OCC[N+](C)(C)C. The van der Waals surface area contributed by atoms with Crippen LogP contribution in [0.3, 0.4) is 0 Å². The third kappa shape index (κ3) is 65.4. The zero-order valence-electron chi connectivity index (χ0n) is 52.7. The lowest BCUT2D eigenvalue weighted by Gasteiger charge is -2.24. The minimum Gasteiger partial charge on any atom is -0.462 e. The predicted octanol–water partition coefficient (Wildman–Crippen LogP) is 21.1.